The summed E-state index contributed by atoms with van der Waals surface area (Å²) in [5, 5.41) is 8.36. The molecule has 6 rings (SSSR count). The van der Waals surface area contributed by atoms with Crippen LogP contribution >= 0.6 is 0 Å². The number of likely N-dealkylation sites (tertiary alicyclic amines) is 1. The van der Waals surface area contributed by atoms with E-state index in [1.807, 2.05) is 42.5 Å². The Bertz CT molecular complexity index is 1360. The Labute approximate surface area is 197 Å². The normalized spacial score (nSPS) is 17.3. The first-order valence-electron chi connectivity index (χ1n) is 11.4. The topological polar surface area (TPSA) is 106 Å². The smallest absolute Gasteiger partial charge is 0.227 e. The van der Waals surface area contributed by atoms with E-state index >= 15 is 0 Å². The molecule has 9 nitrogen and oxygen atoms in total. The van der Waals surface area contributed by atoms with Crippen LogP contribution in [0.5, 0.6) is 5.75 Å². The number of rotatable bonds is 5. The second-order valence-corrected chi connectivity index (χ2v) is 9.13. The van der Waals surface area contributed by atoms with E-state index in [0.717, 1.165) is 24.2 Å². The van der Waals surface area contributed by atoms with E-state index in [1.54, 1.807) is 13.3 Å². The summed E-state index contributed by atoms with van der Waals surface area (Å²) in [7, 11) is 3.87. The maximum absolute atomic E-state index is 6.49. The molecule has 2 saturated heterocycles. The fourth-order valence-electron chi connectivity index (χ4n) is 5.18. The van der Waals surface area contributed by atoms with Crippen molar-refractivity contribution in [2.75, 3.05) is 49.7 Å². The largest absolute Gasteiger partial charge is 0.494 e. The van der Waals surface area contributed by atoms with Crippen LogP contribution in [0, 0.1) is 0 Å². The molecule has 34 heavy (non-hydrogen) atoms. The average molecular weight is 458 g/mol. The van der Waals surface area contributed by atoms with E-state index in [9.17, 15) is 0 Å². The summed E-state index contributed by atoms with van der Waals surface area (Å²) in [6, 6.07) is 13.4. The summed E-state index contributed by atoms with van der Waals surface area (Å²) in [5.41, 5.74) is 11.2. The van der Waals surface area contributed by atoms with Crippen molar-refractivity contribution in [2.24, 2.45) is 0 Å². The monoisotopic (exact) mass is 457 g/mol. The number of likely N-dealkylation sites (N-methyl/N-ethyl adjacent to an activating group) is 1. The Morgan fingerprint density at radius 3 is 2.82 bits per heavy atom. The third-order valence-corrected chi connectivity index (χ3v) is 7.13. The van der Waals surface area contributed by atoms with Crippen molar-refractivity contribution >= 4 is 34.0 Å². The van der Waals surface area contributed by atoms with Crippen molar-refractivity contribution in [3.8, 4) is 17.1 Å². The Kier molecular flexibility index (Phi) is 4.80. The number of nitrogen functional groups attached to an aromatic ring is 1. The van der Waals surface area contributed by atoms with Crippen molar-refractivity contribution in [3.63, 3.8) is 0 Å². The summed E-state index contributed by atoms with van der Waals surface area (Å²) < 4.78 is 11.1. The summed E-state index contributed by atoms with van der Waals surface area (Å²) >= 11 is 0. The summed E-state index contributed by atoms with van der Waals surface area (Å²) in [4.78, 5) is 13.8. The van der Waals surface area contributed by atoms with Crippen molar-refractivity contribution < 1.29 is 9.26 Å². The number of benzene rings is 2. The third kappa shape index (κ3) is 3.31. The first-order chi connectivity index (χ1) is 16.6. The SMILES string of the molecule is COc1cc(N2CC3(CCCN3C)C2)c(N)cc1Nc1nccc(-c2noc3ccccc23)n1. The molecule has 0 saturated carbocycles. The molecule has 1 spiro atoms. The van der Waals surface area contributed by atoms with Crippen LogP contribution in [0.25, 0.3) is 22.4 Å². The molecule has 9 heteroatoms. The standard InChI is InChI=1S/C25H27N7O2/c1-31-11-5-9-25(31)14-32(15-25)20-13-22(33-2)19(12-17(20)26)29-24-27-10-8-18(28-24)23-16-6-3-4-7-21(16)34-30-23/h3-4,6-8,10,12-13H,5,9,11,14-15,26H2,1-2H3,(H,27,28,29). The fourth-order valence-corrected chi connectivity index (χ4v) is 5.18. The number of methoxy groups -OCH3 is 1. The number of aromatic nitrogens is 3. The predicted molar refractivity (Wildman–Crippen MR) is 133 cm³/mol. The fraction of sp³-hybridized carbons (Fsp3) is 0.320. The average Bonchev–Trinajstić information content (AvgIpc) is 3.42. The Hall–Kier alpha value is -3.85. The van der Waals surface area contributed by atoms with Gasteiger partial charge in [0.1, 0.15) is 11.4 Å². The number of nitrogens with zero attached hydrogens (tertiary/aromatic N) is 5. The minimum atomic E-state index is 0.288. The van der Waals surface area contributed by atoms with Gasteiger partial charge in [0.05, 0.1) is 40.8 Å². The second-order valence-electron chi connectivity index (χ2n) is 9.13. The highest BCUT2D eigenvalue weighted by Crippen LogP contribution is 2.44. The zero-order valence-corrected chi connectivity index (χ0v) is 19.3. The maximum Gasteiger partial charge on any atom is 0.227 e. The maximum atomic E-state index is 6.49. The molecule has 2 aromatic carbocycles. The molecular formula is C25H27N7O2. The zero-order chi connectivity index (χ0) is 23.3. The zero-order valence-electron chi connectivity index (χ0n) is 19.3. The quantitative estimate of drug-likeness (QED) is 0.432. The van der Waals surface area contributed by atoms with E-state index in [2.05, 4.69) is 37.3 Å². The van der Waals surface area contributed by atoms with Gasteiger partial charge in [0.2, 0.25) is 5.95 Å². The Balaban J connectivity index is 1.26. The molecule has 174 valence electrons. The van der Waals surface area contributed by atoms with Gasteiger partial charge in [-0.05, 0) is 50.7 Å². The Morgan fingerprint density at radius 1 is 1.18 bits per heavy atom. The minimum Gasteiger partial charge on any atom is -0.494 e. The van der Waals surface area contributed by atoms with Gasteiger partial charge in [-0.25, -0.2) is 9.97 Å². The molecule has 2 aliphatic heterocycles. The van der Waals surface area contributed by atoms with Crippen molar-refractivity contribution in [1.82, 2.24) is 20.0 Å². The van der Waals surface area contributed by atoms with Crippen LogP contribution in [0.1, 0.15) is 12.8 Å². The van der Waals surface area contributed by atoms with Gasteiger partial charge in [-0.2, -0.15) is 0 Å². The molecule has 0 atom stereocenters. The molecule has 2 aliphatic rings. The van der Waals surface area contributed by atoms with Gasteiger partial charge in [0, 0.05) is 25.4 Å². The molecule has 0 bridgehead atoms. The lowest BCUT2D eigenvalue weighted by Crippen LogP contribution is -2.67. The molecular weight excluding hydrogens is 430 g/mol. The van der Waals surface area contributed by atoms with Crippen LogP contribution in [0.2, 0.25) is 0 Å². The van der Waals surface area contributed by atoms with Gasteiger partial charge >= 0.3 is 0 Å². The van der Waals surface area contributed by atoms with Gasteiger partial charge in [0.15, 0.2) is 5.58 Å². The molecule has 4 heterocycles. The van der Waals surface area contributed by atoms with E-state index in [0.29, 0.717) is 40.0 Å². The lowest BCUT2D eigenvalue weighted by atomic mass is 9.86. The van der Waals surface area contributed by atoms with Crippen LogP contribution in [-0.4, -0.2) is 59.4 Å². The Morgan fingerprint density at radius 2 is 2.03 bits per heavy atom. The van der Waals surface area contributed by atoms with Crippen LogP contribution in [0.15, 0.2) is 53.2 Å². The van der Waals surface area contributed by atoms with Crippen molar-refractivity contribution in [1.29, 1.82) is 0 Å². The van der Waals surface area contributed by atoms with Crippen molar-refractivity contribution in [3.05, 3.63) is 48.7 Å². The van der Waals surface area contributed by atoms with Crippen LogP contribution in [0.3, 0.4) is 0 Å². The van der Waals surface area contributed by atoms with Crippen LogP contribution in [-0.2, 0) is 0 Å². The molecule has 0 unspecified atom stereocenters. The molecule has 0 aliphatic carbocycles. The molecule has 0 radical (unpaired) electrons. The number of para-hydroxylation sites is 1. The number of fused-ring (bicyclic) bond motifs is 1. The van der Waals surface area contributed by atoms with Gasteiger partial charge in [0.25, 0.3) is 0 Å². The molecule has 4 aromatic rings. The predicted octanol–water partition coefficient (Wildman–Crippen LogP) is 3.90. The van der Waals surface area contributed by atoms with E-state index < -0.39 is 0 Å². The molecule has 0 amide bonds. The summed E-state index contributed by atoms with van der Waals surface area (Å²) in [6.45, 7) is 3.14. The summed E-state index contributed by atoms with van der Waals surface area (Å²) in [5.74, 6) is 1.11. The van der Waals surface area contributed by atoms with E-state index in [-0.39, 0.29) is 5.54 Å². The molecule has 2 aromatic heterocycles. The number of nitrogens with two attached hydrogens (primary N) is 1. The highest BCUT2D eigenvalue weighted by Gasteiger charge is 2.49. The number of hydrogen-bond acceptors (Lipinski definition) is 9. The number of nitrogens with one attached hydrogen (secondary N) is 1. The second kappa shape index (κ2) is 7.88. The van der Waals surface area contributed by atoms with Crippen molar-refractivity contribution in [2.45, 2.75) is 18.4 Å². The van der Waals surface area contributed by atoms with Gasteiger partial charge in [-0.1, -0.05) is 17.3 Å². The lowest BCUT2D eigenvalue weighted by molar-refractivity contribution is 0.133. The lowest BCUT2D eigenvalue weighted by Gasteiger charge is -2.53. The highest BCUT2D eigenvalue weighted by molar-refractivity contribution is 5.90. The highest BCUT2D eigenvalue weighted by atomic mass is 16.5. The molecule has 2 fully saturated rings. The van der Waals surface area contributed by atoms with Crippen LogP contribution < -0.4 is 20.7 Å². The number of anilines is 4. The third-order valence-electron chi connectivity index (χ3n) is 7.13. The van der Waals surface area contributed by atoms with Crippen LogP contribution in [0.4, 0.5) is 23.0 Å². The number of ether oxygens (including phenoxy) is 1. The van der Waals surface area contributed by atoms with E-state index in [1.165, 1.54) is 19.4 Å². The first-order valence-corrected chi connectivity index (χ1v) is 11.4. The van der Waals surface area contributed by atoms with Gasteiger partial charge in [-0.3, -0.25) is 4.90 Å². The number of hydrogen-bond donors (Lipinski definition) is 2. The van der Waals surface area contributed by atoms with Gasteiger partial charge in [-0.15, -0.1) is 0 Å². The minimum absolute atomic E-state index is 0.288. The summed E-state index contributed by atoms with van der Waals surface area (Å²) in [6.07, 6.45) is 4.19. The first kappa shape index (κ1) is 20.7. The molecule has 3 N–H and O–H groups in total. The van der Waals surface area contributed by atoms with Gasteiger partial charge < -0.3 is 25.2 Å². The van der Waals surface area contributed by atoms with E-state index in [4.69, 9.17) is 15.0 Å².